The monoisotopic (exact) mass is 372 g/mol. The molecule has 3 rings (SSSR count). The van der Waals surface area contributed by atoms with Gasteiger partial charge < -0.3 is 5.32 Å². The fourth-order valence-electron chi connectivity index (χ4n) is 3.11. The summed E-state index contributed by atoms with van der Waals surface area (Å²) in [4.78, 5) is 12.7. The van der Waals surface area contributed by atoms with Crippen LogP contribution in [0.4, 0.5) is 5.69 Å². The van der Waals surface area contributed by atoms with E-state index in [0.29, 0.717) is 18.8 Å². The van der Waals surface area contributed by atoms with Crippen LogP contribution in [0.15, 0.2) is 59.5 Å². The van der Waals surface area contributed by atoms with Crippen molar-refractivity contribution in [3.8, 4) is 0 Å². The standard InChI is InChI=1S/C20H24N2O3S/c1-16(17-8-4-2-5-9-17)20(23)21-18-10-12-19(13-11-18)26(24,25)22-14-6-3-7-15-22/h2,4-5,8-13,16H,3,6-7,14-15H2,1H3,(H,21,23)/t16-/m0/s1. The summed E-state index contributed by atoms with van der Waals surface area (Å²) >= 11 is 0. The molecule has 0 aromatic heterocycles. The Morgan fingerprint density at radius 3 is 2.19 bits per heavy atom. The number of hydrogen-bond acceptors (Lipinski definition) is 3. The fraction of sp³-hybridized carbons (Fsp3) is 0.350. The van der Waals surface area contributed by atoms with Crippen molar-refractivity contribution in [3.05, 3.63) is 60.2 Å². The smallest absolute Gasteiger partial charge is 0.243 e. The minimum absolute atomic E-state index is 0.122. The molecule has 1 atom stereocenters. The Morgan fingerprint density at radius 2 is 1.58 bits per heavy atom. The van der Waals surface area contributed by atoms with Crippen molar-refractivity contribution in [2.24, 2.45) is 0 Å². The minimum atomic E-state index is -3.45. The number of rotatable bonds is 5. The van der Waals surface area contributed by atoms with Gasteiger partial charge in [-0.15, -0.1) is 0 Å². The summed E-state index contributed by atoms with van der Waals surface area (Å²) in [6, 6.07) is 16.0. The Balaban J connectivity index is 1.68. The molecular weight excluding hydrogens is 348 g/mol. The van der Waals surface area contributed by atoms with Crippen LogP contribution in [-0.2, 0) is 14.8 Å². The van der Waals surface area contributed by atoms with Gasteiger partial charge in [0.2, 0.25) is 15.9 Å². The molecule has 1 amide bonds. The second-order valence-electron chi connectivity index (χ2n) is 6.61. The number of sulfonamides is 1. The lowest BCUT2D eigenvalue weighted by Crippen LogP contribution is -2.35. The lowest BCUT2D eigenvalue weighted by molar-refractivity contribution is -0.117. The number of carbonyl (C=O) groups excluding carboxylic acids is 1. The Labute approximate surface area is 155 Å². The molecule has 5 nitrogen and oxygen atoms in total. The molecular formula is C20H24N2O3S. The molecule has 1 heterocycles. The summed E-state index contributed by atoms with van der Waals surface area (Å²) in [5.74, 6) is -0.407. The molecule has 0 bridgehead atoms. The molecule has 1 aliphatic heterocycles. The van der Waals surface area contributed by atoms with Gasteiger partial charge >= 0.3 is 0 Å². The molecule has 1 aliphatic rings. The lowest BCUT2D eigenvalue weighted by Gasteiger charge is -2.25. The van der Waals surface area contributed by atoms with Crippen LogP contribution in [0.3, 0.4) is 0 Å². The summed E-state index contributed by atoms with van der Waals surface area (Å²) in [7, 11) is -3.45. The normalized spacial score (nSPS) is 16.8. The van der Waals surface area contributed by atoms with E-state index in [-0.39, 0.29) is 16.7 Å². The van der Waals surface area contributed by atoms with Gasteiger partial charge in [0.1, 0.15) is 0 Å². The topological polar surface area (TPSA) is 66.5 Å². The van der Waals surface area contributed by atoms with Gasteiger partial charge in [-0.1, -0.05) is 36.8 Å². The van der Waals surface area contributed by atoms with Crippen LogP contribution >= 0.6 is 0 Å². The number of piperidine rings is 1. The van der Waals surface area contributed by atoms with Crippen LogP contribution in [0.5, 0.6) is 0 Å². The number of benzene rings is 2. The number of anilines is 1. The van der Waals surface area contributed by atoms with Crippen molar-refractivity contribution in [3.63, 3.8) is 0 Å². The van der Waals surface area contributed by atoms with Crippen LogP contribution < -0.4 is 5.32 Å². The Kier molecular flexibility index (Phi) is 5.74. The third-order valence-electron chi connectivity index (χ3n) is 4.77. The molecule has 2 aromatic carbocycles. The van der Waals surface area contributed by atoms with Crippen molar-refractivity contribution in [2.45, 2.75) is 37.0 Å². The molecule has 0 spiro atoms. The lowest BCUT2D eigenvalue weighted by atomic mass is 10.0. The van der Waals surface area contributed by atoms with Crippen molar-refractivity contribution < 1.29 is 13.2 Å². The van der Waals surface area contributed by atoms with E-state index in [4.69, 9.17) is 0 Å². The number of nitrogens with zero attached hydrogens (tertiary/aromatic N) is 1. The van der Waals surface area contributed by atoms with E-state index in [2.05, 4.69) is 5.32 Å². The van der Waals surface area contributed by atoms with E-state index >= 15 is 0 Å². The summed E-state index contributed by atoms with van der Waals surface area (Å²) in [5.41, 5.74) is 1.53. The van der Waals surface area contributed by atoms with Gasteiger partial charge in [-0.25, -0.2) is 8.42 Å². The Morgan fingerprint density at radius 1 is 0.962 bits per heavy atom. The maximum absolute atomic E-state index is 12.7. The highest BCUT2D eigenvalue weighted by molar-refractivity contribution is 7.89. The molecule has 1 saturated heterocycles. The third-order valence-corrected chi connectivity index (χ3v) is 6.68. The quantitative estimate of drug-likeness (QED) is 0.872. The van der Waals surface area contributed by atoms with E-state index in [1.54, 1.807) is 28.6 Å². The molecule has 0 radical (unpaired) electrons. The van der Waals surface area contributed by atoms with E-state index in [1.165, 1.54) is 0 Å². The third kappa shape index (κ3) is 4.14. The molecule has 26 heavy (non-hydrogen) atoms. The van der Waals surface area contributed by atoms with Gasteiger partial charge in [0.25, 0.3) is 0 Å². The van der Waals surface area contributed by atoms with Gasteiger partial charge in [-0.3, -0.25) is 4.79 Å². The first-order valence-corrected chi connectivity index (χ1v) is 10.4. The fourth-order valence-corrected chi connectivity index (χ4v) is 4.63. The van der Waals surface area contributed by atoms with E-state index in [9.17, 15) is 13.2 Å². The zero-order valence-corrected chi connectivity index (χ0v) is 15.7. The second kappa shape index (κ2) is 8.01. The molecule has 0 saturated carbocycles. The number of amides is 1. The van der Waals surface area contributed by atoms with Gasteiger partial charge in [0.15, 0.2) is 0 Å². The highest BCUT2D eigenvalue weighted by Gasteiger charge is 2.25. The van der Waals surface area contributed by atoms with E-state index in [1.807, 2.05) is 37.3 Å². The molecule has 0 unspecified atom stereocenters. The van der Waals surface area contributed by atoms with Gasteiger partial charge in [0.05, 0.1) is 10.8 Å². The van der Waals surface area contributed by atoms with E-state index in [0.717, 1.165) is 24.8 Å². The molecule has 2 aromatic rings. The molecule has 1 fully saturated rings. The summed E-state index contributed by atoms with van der Waals surface area (Å²) in [6.07, 6.45) is 2.89. The van der Waals surface area contributed by atoms with Gasteiger partial charge in [0, 0.05) is 18.8 Å². The van der Waals surface area contributed by atoms with Crippen molar-refractivity contribution in [1.82, 2.24) is 4.31 Å². The second-order valence-corrected chi connectivity index (χ2v) is 8.55. The zero-order chi connectivity index (χ0) is 18.6. The van der Waals surface area contributed by atoms with Crippen LogP contribution in [0.2, 0.25) is 0 Å². The molecule has 6 heteroatoms. The van der Waals surface area contributed by atoms with Crippen LogP contribution in [0, 0.1) is 0 Å². The van der Waals surface area contributed by atoms with Gasteiger partial charge in [-0.05, 0) is 49.6 Å². The first-order valence-electron chi connectivity index (χ1n) is 8.94. The van der Waals surface area contributed by atoms with Crippen molar-refractivity contribution in [2.75, 3.05) is 18.4 Å². The maximum Gasteiger partial charge on any atom is 0.243 e. The highest BCUT2D eigenvalue weighted by atomic mass is 32.2. The SMILES string of the molecule is C[C@H](C(=O)Nc1ccc(S(=O)(=O)N2CCCCC2)cc1)c1ccccc1. The average Bonchev–Trinajstić information content (AvgIpc) is 2.69. The van der Waals surface area contributed by atoms with Crippen LogP contribution in [-0.4, -0.2) is 31.7 Å². The average molecular weight is 372 g/mol. The first kappa shape index (κ1) is 18.6. The van der Waals surface area contributed by atoms with Crippen molar-refractivity contribution in [1.29, 1.82) is 0 Å². The highest BCUT2D eigenvalue weighted by Crippen LogP contribution is 2.23. The number of carbonyl (C=O) groups is 1. The van der Waals surface area contributed by atoms with Crippen LogP contribution in [0.1, 0.15) is 37.7 Å². The summed E-state index contributed by atoms with van der Waals surface area (Å²) in [6.45, 7) is 3.00. The zero-order valence-electron chi connectivity index (χ0n) is 14.9. The first-order chi connectivity index (χ1) is 12.5. The van der Waals surface area contributed by atoms with Crippen LogP contribution in [0.25, 0.3) is 0 Å². The Hall–Kier alpha value is -2.18. The molecule has 0 aliphatic carbocycles. The number of nitrogens with one attached hydrogen (secondary N) is 1. The van der Waals surface area contributed by atoms with E-state index < -0.39 is 10.0 Å². The van der Waals surface area contributed by atoms with Crippen molar-refractivity contribution >= 4 is 21.6 Å². The molecule has 138 valence electrons. The summed E-state index contributed by atoms with van der Waals surface area (Å²) < 4.78 is 26.8. The summed E-state index contributed by atoms with van der Waals surface area (Å²) in [5, 5.41) is 2.85. The minimum Gasteiger partial charge on any atom is -0.326 e. The largest absolute Gasteiger partial charge is 0.326 e. The predicted molar refractivity (Wildman–Crippen MR) is 103 cm³/mol. The van der Waals surface area contributed by atoms with Gasteiger partial charge in [-0.2, -0.15) is 4.31 Å². The predicted octanol–water partition coefficient (Wildman–Crippen LogP) is 3.60. The maximum atomic E-state index is 12.7. The number of hydrogen-bond donors (Lipinski definition) is 1. The Bertz CT molecular complexity index is 842. The molecule has 1 N–H and O–H groups in total.